The lowest BCUT2D eigenvalue weighted by Crippen LogP contribution is -2.69. The minimum atomic E-state index is -5.20. The van der Waals surface area contributed by atoms with Gasteiger partial charge in [0.1, 0.15) is 159 Å². The Hall–Kier alpha value is -3.06. The van der Waals surface area contributed by atoms with Gasteiger partial charge in [0.15, 0.2) is 56.2 Å². The molecule has 0 aliphatic carbocycles. The smallest absolute Gasteiger partial charge is 0.298 e. The topological polar surface area (TPSA) is 600 Å². The van der Waals surface area contributed by atoms with Gasteiger partial charge in [-0.25, -0.2) is 0 Å². The number of hydrogen-bond acceptors (Lipinski definition) is 39. The number of ether oxygens (including phenoxy) is 14. The third kappa shape index (κ3) is 16.1. The molecule has 17 rings (SSSR count). The van der Waals surface area contributed by atoms with Crippen molar-refractivity contribution in [3.05, 3.63) is 57.6 Å². The molecule has 15 heterocycles. The number of aliphatic hydroxyl groups is 19. The highest BCUT2D eigenvalue weighted by molar-refractivity contribution is 7.87. The Bertz CT molecular complexity index is 3180. The van der Waals surface area contributed by atoms with Gasteiger partial charge in [-0.1, -0.05) is 35.4 Å². The normalized spacial score (nSPS) is 45.3. The van der Waals surface area contributed by atoms with E-state index in [2.05, 4.69) is 0 Å². The number of benzene rings is 2. The molecule has 576 valence electrons. The number of hydrogen-bond donors (Lipinski definition) is 19. The second kappa shape index (κ2) is 32.8. The van der Waals surface area contributed by atoms with Crippen LogP contribution in [-0.4, -0.2) is 375 Å². The van der Waals surface area contributed by atoms with E-state index >= 15 is 0 Å². The van der Waals surface area contributed by atoms with E-state index in [0.29, 0.717) is 11.1 Å². The quantitative estimate of drug-likeness (QED) is 0.0828. The second-order valence-corrected chi connectivity index (χ2v) is 29.2. The zero-order valence-electron chi connectivity index (χ0n) is 54.9. The van der Waals surface area contributed by atoms with Gasteiger partial charge >= 0.3 is 0 Å². The van der Waals surface area contributed by atoms with Crippen LogP contribution in [0, 0.1) is 41.5 Å². The van der Waals surface area contributed by atoms with Gasteiger partial charge in [0.2, 0.25) is 0 Å². The molecule has 35 atom stereocenters. The van der Waals surface area contributed by atoms with Gasteiger partial charge in [-0.05, 0) is 63.8 Å². The van der Waals surface area contributed by atoms with Crippen LogP contribution in [0.4, 0.5) is 0 Å². The molecule has 15 aliphatic rings. The van der Waals surface area contributed by atoms with E-state index in [1.807, 2.05) is 0 Å². The summed E-state index contributed by atoms with van der Waals surface area (Å²) in [6, 6.07) is 5.88. The Balaban J connectivity index is 1.04. The largest absolute Gasteiger partial charge is 0.394 e. The van der Waals surface area contributed by atoms with Crippen molar-refractivity contribution in [3.8, 4) is 0 Å². The Morgan fingerprint density at radius 3 is 0.624 bits per heavy atom. The van der Waals surface area contributed by atoms with Crippen LogP contribution in [0.25, 0.3) is 0 Å². The second-order valence-electron chi connectivity index (χ2n) is 26.2. The summed E-state index contributed by atoms with van der Waals surface area (Å²) < 4.78 is 153. The van der Waals surface area contributed by atoms with Crippen LogP contribution < -0.4 is 0 Å². The van der Waals surface area contributed by atoms with E-state index in [1.54, 1.807) is 13.8 Å². The third-order valence-electron chi connectivity index (χ3n) is 18.9. The molecule has 2 aromatic rings. The van der Waals surface area contributed by atoms with Crippen LogP contribution in [0.15, 0.2) is 34.1 Å². The molecule has 14 bridgehead atoms. The fourth-order valence-corrected chi connectivity index (χ4v) is 17.1. The van der Waals surface area contributed by atoms with Crippen LogP contribution in [0.5, 0.6) is 0 Å². The van der Waals surface area contributed by atoms with E-state index in [1.165, 1.54) is 52.0 Å². The number of aryl methyl sites for hydroxylation is 6. The van der Waals surface area contributed by atoms with E-state index in [0.717, 1.165) is 0 Å². The molecule has 101 heavy (non-hydrogen) atoms. The van der Waals surface area contributed by atoms with Crippen LogP contribution >= 0.6 is 0 Å². The van der Waals surface area contributed by atoms with Crippen LogP contribution in [0.2, 0.25) is 0 Å². The van der Waals surface area contributed by atoms with Crippen molar-refractivity contribution in [2.24, 2.45) is 0 Å². The number of aliphatic hydroxyl groups excluding tert-OH is 19. The minimum Gasteiger partial charge on any atom is -0.394 e. The molecular formula is C60H90O39S2. The van der Waals surface area contributed by atoms with E-state index < -0.39 is 291 Å². The first-order chi connectivity index (χ1) is 47.7. The Morgan fingerprint density at radius 1 is 0.267 bits per heavy atom. The maximum Gasteiger partial charge on any atom is 0.298 e. The molecular weight excluding hydrogens is 1410 g/mol. The Morgan fingerprint density at radius 2 is 0.436 bits per heavy atom. The van der Waals surface area contributed by atoms with Crippen molar-refractivity contribution in [1.29, 1.82) is 0 Å². The average Bonchev–Trinajstić information content (AvgIpc) is 0.782. The fourth-order valence-electron chi connectivity index (χ4n) is 14.1. The maximum atomic E-state index is 14.7. The predicted molar refractivity (Wildman–Crippen MR) is 322 cm³/mol. The highest BCUT2D eigenvalue weighted by Crippen LogP contribution is 2.42. The van der Waals surface area contributed by atoms with Crippen molar-refractivity contribution in [3.63, 3.8) is 0 Å². The summed E-state index contributed by atoms with van der Waals surface area (Å²) in [6.45, 7) is 0.757. The first kappa shape index (κ1) is 80.5. The SMILES string of the molecule is Cc1cc(C)c(S(=O)(=O)O[C@H]2[C@H]3O[C@H]4[C@H](O)[C@@H](OS(=O)(=O)c5c(C)cc(C)cc5C)[C@@H](O[C@H]5[C@H](O)[C@@H](O)[C@@H](O[C@H]6[C@H](O)[C@@H](O)[C@@H](O[C@H]7[C@H](O)[C@@H](O)[C@@H](O[C@H]8[C@@H](O)[C@H](O)[C@@H](O[C@H]9[C@@H](O)[C@H](O)[C@@H](O[C@@H]([C@@H]2O)[C@@H](CO)O3)O[C@@H]9CO)O[C@@H]8CO)O[C@@H]7CO)O[C@@H]6CO)O[C@@H]5CO)O[C@@H]4CO)c(C)c1. The molecule has 0 saturated carbocycles. The first-order valence-electron chi connectivity index (χ1n) is 32.3. The lowest BCUT2D eigenvalue weighted by Gasteiger charge is -2.50. The molecule has 15 fully saturated rings. The lowest BCUT2D eigenvalue weighted by atomic mass is 9.95. The van der Waals surface area contributed by atoms with Crippen LogP contribution in [0.1, 0.15) is 33.4 Å². The summed E-state index contributed by atoms with van der Waals surface area (Å²) >= 11 is 0. The Labute approximate surface area is 577 Å². The third-order valence-corrected chi connectivity index (χ3v) is 22.2. The molecule has 2 aromatic carbocycles. The fraction of sp³-hybridized carbons (Fsp3) is 0.800. The van der Waals surface area contributed by atoms with Crippen molar-refractivity contribution in [2.45, 2.75) is 266 Å². The number of fused-ring (bicyclic) bond motifs is 7. The average molecular weight is 1500 g/mol. The summed E-state index contributed by atoms with van der Waals surface area (Å²) in [7, 11) is -10.4. The summed E-state index contributed by atoms with van der Waals surface area (Å²) in [6.07, 6.45) is -76.7. The van der Waals surface area contributed by atoms with Crippen molar-refractivity contribution >= 4 is 20.2 Å². The monoisotopic (exact) mass is 1500 g/mol. The van der Waals surface area contributed by atoms with Crippen molar-refractivity contribution in [1.82, 2.24) is 0 Å². The highest BCUT2D eigenvalue weighted by Gasteiger charge is 2.61. The van der Waals surface area contributed by atoms with E-state index in [9.17, 15) is 114 Å². The lowest BCUT2D eigenvalue weighted by molar-refractivity contribution is -0.396. The molecule has 0 unspecified atom stereocenters. The van der Waals surface area contributed by atoms with Gasteiger partial charge in [0.05, 0.1) is 56.0 Å². The summed E-state index contributed by atoms with van der Waals surface area (Å²) in [5.41, 5.74) is 1.62. The molecule has 0 amide bonds. The molecule has 0 aromatic heterocycles. The molecule has 19 N–H and O–H groups in total. The number of rotatable bonds is 13. The summed E-state index contributed by atoms with van der Waals surface area (Å²) in [5, 5.41) is 217. The van der Waals surface area contributed by atoms with Gasteiger partial charge in [0.25, 0.3) is 20.2 Å². The van der Waals surface area contributed by atoms with Gasteiger partial charge in [-0.3, -0.25) is 8.37 Å². The van der Waals surface area contributed by atoms with Crippen LogP contribution in [-0.2, 0) is 94.9 Å². The zero-order valence-corrected chi connectivity index (χ0v) is 56.6. The molecule has 0 spiro atoms. The maximum absolute atomic E-state index is 14.7. The molecule has 15 aliphatic heterocycles. The summed E-state index contributed by atoms with van der Waals surface area (Å²) in [4.78, 5) is -0.925. The zero-order chi connectivity index (χ0) is 73.9. The Kier molecular flexibility index (Phi) is 26.1. The highest BCUT2D eigenvalue weighted by atomic mass is 32.2. The molecule has 15 saturated heterocycles. The molecule has 0 radical (unpaired) electrons. The minimum absolute atomic E-state index is 0.105. The van der Waals surface area contributed by atoms with Gasteiger partial charge < -0.3 is 163 Å². The predicted octanol–water partition coefficient (Wildman–Crippen LogP) is -10.6. The van der Waals surface area contributed by atoms with Crippen molar-refractivity contribution < 1.29 is 189 Å². The van der Waals surface area contributed by atoms with Gasteiger partial charge in [-0.2, -0.15) is 16.8 Å². The standard InChI is InChI=1S/C60H90O39S2/c1-18-7-20(3)52(21(4)8-18)100(80,81)98-50-41(78)48-29(16-66)89-60(50)97-49-30(17-67)90-59(51(42(49)79)99-101(82,83)53-22(5)9-19(2)10-23(53)6)96-47-28(15-65)88-57(40(77)35(47)72)94-45-26(13-63)86-55(38(75)33(45)70)92-43-24(11-61)84-54(36(73)31(43)68)91-44-25(12-62)85-56(37(74)32(44)69)93-46-27(14-64)87-58(95-48)39(76)34(46)71/h7-10,24-51,54-79H,11-17H2,1-6H3/t24-,25-,26-,27-,28-,29-,30-,31-,32+,33-,34+,35-,36-,37+,38-,39+,40-,41+,42+,43-,44-,45-,46-,47-,48-,49-,50-,51-,54-,55-,56-,57-,58-,59-,60-/m1/s1. The summed E-state index contributed by atoms with van der Waals surface area (Å²) in [5.74, 6) is 0. The van der Waals surface area contributed by atoms with E-state index in [4.69, 9.17) is 74.7 Å². The molecule has 39 nitrogen and oxygen atoms in total. The van der Waals surface area contributed by atoms with Crippen LogP contribution in [0.3, 0.4) is 0 Å². The van der Waals surface area contributed by atoms with Crippen molar-refractivity contribution in [2.75, 3.05) is 46.2 Å². The van der Waals surface area contributed by atoms with Gasteiger partial charge in [-0.15, -0.1) is 0 Å². The first-order valence-corrected chi connectivity index (χ1v) is 35.1. The van der Waals surface area contributed by atoms with Gasteiger partial charge in [0, 0.05) is 0 Å². The van der Waals surface area contributed by atoms with E-state index in [-0.39, 0.29) is 22.3 Å². The molecule has 41 heteroatoms.